The third kappa shape index (κ3) is 5.65. The van der Waals surface area contributed by atoms with Crippen LogP contribution in [0.4, 0.5) is 11.4 Å². The molecule has 34 heavy (non-hydrogen) atoms. The van der Waals surface area contributed by atoms with Crippen LogP contribution in [0.2, 0.25) is 0 Å². The van der Waals surface area contributed by atoms with Crippen molar-refractivity contribution in [1.82, 2.24) is 4.31 Å². The zero-order valence-corrected chi connectivity index (χ0v) is 20.1. The van der Waals surface area contributed by atoms with Crippen LogP contribution in [0.15, 0.2) is 53.4 Å². The lowest BCUT2D eigenvalue weighted by molar-refractivity contribution is -0.124. The van der Waals surface area contributed by atoms with Crippen molar-refractivity contribution in [3.63, 3.8) is 0 Å². The Labute approximate surface area is 200 Å². The fourth-order valence-electron chi connectivity index (χ4n) is 4.43. The number of nitrogens with one attached hydrogen (secondary N) is 2. The van der Waals surface area contributed by atoms with Crippen molar-refractivity contribution in [3.8, 4) is 0 Å². The molecular weight excluding hydrogens is 454 g/mol. The zero-order chi connectivity index (χ0) is 24.1. The Hall–Kier alpha value is -2.75. The number of hydrogen-bond donors (Lipinski definition) is 2. The molecule has 2 aromatic carbocycles. The van der Waals surface area contributed by atoms with Gasteiger partial charge in [-0.1, -0.05) is 19.3 Å². The molecule has 182 valence electrons. The topological polar surface area (TPSA) is 105 Å². The predicted molar refractivity (Wildman–Crippen MR) is 130 cm³/mol. The standard InChI is InChI=1S/C25H31N3O5S/c1-28(21-6-3-2-4-7-21)34(31,32)22-15-9-18(10-16-22)24(29)26-19-11-13-20(14-12-19)27-25(30)23-8-5-17-33-23/h9-16,21,23H,2-8,17H2,1H3,(H,26,29)(H,27,30). The van der Waals surface area contributed by atoms with Gasteiger partial charge in [0, 0.05) is 36.6 Å². The Bertz CT molecular complexity index is 1100. The van der Waals surface area contributed by atoms with Gasteiger partial charge in [0.05, 0.1) is 4.90 Å². The van der Waals surface area contributed by atoms with Crippen LogP contribution in [0.1, 0.15) is 55.3 Å². The molecule has 1 saturated carbocycles. The highest BCUT2D eigenvalue weighted by Crippen LogP contribution is 2.26. The molecule has 2 amide bonds. The minimum absolute atomic E-state index is 0.0279. The highest BCUT2D eigenvalue weighted by atomic mass is 32.2. The second kappa shape index (κ2) is 10.7. The van der Waals surface area contributed by atoms with Crippen molar-refractivity contribution in [2.24, 2.45) is 0 Å². The summed E-state index contributed by atoms with van der Waals surface area (Å²) in [6.45, 7) is 0.604. The summed E-state index contributed by atoms with van der Waals surface area (Å²) in [5, 5.41) is 5.60. The Morgan fingerprint density at radius 3 is 2.06 bits per heavy atom. The number of anilines is 2. The summed E-state index contributed by atoms with van der Waals surface area (Å²) in [4.78, 5) is 25.0. The summed E-state index contributed by atoms with van der Waals surface area (Å²) in [6.07, 6.45) is 6.21. The van der Waals surface area contributed by atoms with Crippen LogP contribution in [0.3, 0.4) is 0 Å². The van der Waals surface area contributed by atoms with Gasteiger partial charge in [0.25, 0.3) is 11.8 Å². The van der Waals surface area contributed by atoms with E-state index in [1.807, 2.05) is 0 Å². The number of nitrogens with zero attached hydrogens (tertiary/aromatic N) is 1. The second-order valence-electron chi connectivity index (χ2n) is 8.86. The molecule has 0 radical (unpaired) electrons. The van der Waals surface area contributed by atoms with Crippen molar-refractivity contribution in [2.45, 2.75) is 62.0 Å². The first-order valence-electron chi connectivity index (χ1n) is 11.8. The first-order chi connectivity index (χ1) is 16.3. The van der Waals surface area contributed by atoms with E-state index in [1.54, 1.807) is 31.3 Å². The molecule has 1 heterocycles. The Kier molecular flexibility index (Phi) is 7.65. The molecule has 4 rings (SSSR count). The lowest BCUT2D eigenvalue weighted by Crippen LogP contribution is -2.38. The molecule has 1 aliphatic heterocycles. The van der Waals surface area contributed by atoms with E-state index in [9.17, 15) is 18.0 Å². The van der Waals surface area contributed by atoms with Crippen LogP contribution >= 0.6 is 0 Å². The highest BCUT2D eigenvalue weighted by Gasteiger charge is 2.29. The fraction of sp³-hybridized carbons (Fsp3) is 0.440. The van der Waals surface area contributed by atoms with Crippen LogP contribution in [0, 0.1) is 0 Å². The van der Waals surface area contributed by atoms with E-state index >= 15 is 0 Å². The number of sulfonamides is 1. The number of carbonyl (C=O) groups is 2. The van der Waals surface area contributed by atoms with E-state index in [4.69, 9.17) is 4.74 Å². The maximum absolute atomic E-state index is 13.0. The molecular formula is C25H31N3O5S. The number of ether oxygens (including phenoxy) is 1. The van der Waals surface area contributed by atoms with E-state index < -0.39 is 16.1 Å². The van der Waals surface area contributed by atoms with Crippen molar-refractivity contribution < 1.29 is 22.7 Å². The van der Waals surface area contributed by atoms with E-state index in [-0.39, 0.29) is 22.8 Å². The SMILES string of the molecule is CN(C1CCCCC1)S(=O)(=O)c1ccc(C(=O)Nc2ccc(NC(=O)C3CCCO3)cc2)cc1. The number of amides is 2. The third-order valence-corrected chi connectivity index (χ3v) is 8.44. The molecule has 1 aliphatic carbocycles. The molecule has 2 aromatic rings. The molecule has 1 atom stereocenters. The Morgan fingerprint density at radius 2 is 1.47 bits per heavy atom. The molecule has 1 unspecified atom stereocenters. The number of carbonyl (C=O) groups excluding carboxylic acids is 2. The molecule has 2 aliphatic rings. The van der Waals surface area contributed by atoms with Crippen LogP contribution in [0.25, 0.3) is 0 Å². The van der Waals surface area contributed by atoms with Gasteiger partial charge >= 0.3 is 0 Å². The van der Waals surface area contributed by atoms with Gasteiger partial charge in [0.2, 0.25) is 10.0 Å². The minimum atomic E-state index is -3.60. The van der Waals surface area contributed by atoms with E-state index in [0.29, 0.717) is 23.5 Å². The van der Waals surface area contributed by atoms with Crippen molar-refractivity contribution in [2.75, 3.05) is 24.3 Å². The summed E-state index contributed by atoms with van der Waals surface area (Å²) in [7, 11) is -1.97. The molecule has 2 fully saturated rings. The van der Waals surface area contributed by atoms with Crippen LogP contribution in [-0.2, 0) is 19.6 Å². The molecule has 9 heteroatoms. The van der Waals surface area contributed by atoms with Gasteiger partial charge in [0.15, 0.2) is 0 Å². The molecule has 0 bridgehead atoms. The molecule has 1 saturated heterocycles. The quantitative estimate of drug-likeness (QED) is 0.617. The van der Waals surface area contributed by atoms with Gasteiger partial charge in [-0.3, -0.25) is 9.59 Å². The van der Waals surface area contributed by atoms with Crippen LogP contribution in [-0.4, -0.2) is 50.3 Å². The van der Waals surface area contributed by atoms with E-state index in [0.717, 1.165) is 44.9 Å². The van der Waals surface area contributed by atoms with Crippen LogP contribution in [0.5, 0.6) is 0 Å². The summed E-state index contributed by atoms with van der Waals surface area (Å²) in [5.41, 5.74) is 1.54. The van der Waals surface area contributed by atoms with Gasteiger partial charge < -0.3 is 15.4 Å². The van der Waals surface area contributed by atoms with Gasteiger partial charge in [0.1, 0.15) is 6.10 Å². The van der Waals surface area contributed by atoms with E-state index in [2.05, 4.69) is 10.6 Å². The van der Waals surface area contributed by atoms with Crippen molar-refractivity contribution in [1.29, 1.82) is 0 Å². The first-order valence-corrected chi connectivity index (χ1v) is 13.2. The lowest BCUT2D eigenvalue weighted by Gasteiger charge is -2.30. The average molecular weight is 486 g/mol. The maximum Gasteiger partial charge on any atom is 0.255 e. The summed E-state index contributed by atoms with van der Waals surface area (Å²) < 4.78 is 32.8. The van der Waals surface area contributed by atoms with Gasteiger partial charge in [-0.05, 0) is 74.2 Å². The van der Waals surface area contributed by atoms with Gasteiger partial charge in [-0.15, -0.1) is 0 Å². The molecule has 0 spiro atoms. The number of rotatable bonds is 7. The van der Waals surface area contributed by atoms with Gasteiger partial charge in [-0.25, -0.2) is 8.42 Å². The lowest BCUT2D eigenvalue weighted by atomic mass is 9.96. The van der Waals surface area contributed by atoms with Crippen molar-refractivity contribution >= 4 is 33.2 Å². The molecule has 8 nitrogen and oxygen atoms in total. The minimum Gasteiger partial charge on any atom is -0.368 e. The van der Waals surface area contributed by atoms with Gasteiger partial charge in [-0.2, -0.15) is 4.31 Å². The Morgan fingerprint density at radius 1 is 0.853 bits per heavy atom. The summed E-state index contributed by atoms with van der Waals surface area (Å²) in [6, 6.07) is 12.8. The summed E-state index contributed by atoms with van der Waals surface area (Å²) >= 11 is 0. The normalized spacial score (nSPS) is 19.2. The predicted octanol–water partition coefficient (Wildman–Crippen LogP) is 4.01. The maximum atomic E-state index is 13.0. The molecule has 2 N–H and O–H groups in total. The average Bonchev–Trinajstić information content (AvgIpc) is 3.41. The largest absolute Gasteiger partial charge is 0.368 e. The van der Waals surface area contributed by atoms with Crippen molar-refractivity contribution in [3.05, 3.63) is 54.1 Å². The molecule has 0 aromatic heterocycles. The Balaban J connectivity index is 1.35. The fourth-order valence-corrected chi connectivity index (χ4v) is 5.85. The zero-order valence-electron chi connectivity index (χ0n) is 19.3. The number of benzene rings is 2. The first kappa shape index (κ1) is 24.4. The smallest absolute Gasteiger partial charge is 0.255 e. The summed E-state index contributed by atoms with van der Waals surface area (Å²) in [5.74, 6) is -0.515. The van der Waals surface area contributed by atoms with Crippen LogP contribution < -0.4 is 10.6 Å². The van der Waals surface area contributed by atoms with E-state index in [1.165, 1.54) is 28.6 Å². The second-order valence-corrected chi connectivity index (χ2v) is 10.9. The highest BCUT2D eigenvalue weighted by molar-refractivity contribution is 7.89. The third-order valence-electron chi connectivity index (χ3n) is 6.51. The monoisotopic (exact) mass is 485 g/mol. The number of hydrogen-bond acceptors (Lipinski definition) is 5.